The van der Waals surface area contributed by atoms with Crippen molar-refractivity contribution < 1.29 is 4.79 Å². The van der Waals surface area contributed by atoms with Crippen molar-refractivity contribution in [2.24, 2.45) is 17.3 Å². The van der Waals surface area contributed by atoms with Crippen LogP contribution in [0.5, 0.6) is 0 Å². The van der Waals surface area contributed by atoms with E-state index >= 15 is 0 Å². The lowest BCUT2D eigenvalue weighted by Crippen LogP contribution is -2.12. The predicted molar refractivity (Wildman–Crippen MR) is 64.4 cm³/mol. The average molecular weight is 222 g/mol. The van der Waals surface area contributed by atoms with Gasteiger partial charge in [0.15, 0.2) is 5.78 Å². The molecule has 1 saturated carbocycles. The number of aryl methyl sites for hydroxylation is 1. The summed E-state index contributed by atoms with van der Waals surface area (Å²) < 4.78 is 0. The van der Waals surface area contributed by atoms with Gasteiger partial charge in [0.05, 0.1) is 4.88 Å². The SMILES string of the molecule is Cc1ccc(C(=O)C2CC2C(C)(C)C)s1. The first-order valence-electron chi connectivity index (χ1n) is 5.50. The van der Waals surface area contributed by atoms with Gasteiger partial charge < -0.3 is 0 Å². The Bertz CT molecular complexity index is 383. The molecule has 1 heterocycles. The van der Waals surface area contributed by atoms with Gasteiger partial charge in [-0.05, 0) is 36.8 Å². The van der Waals surface area contributed by atoms with Crippen LogP contribution >= 0.6 is 11.3 Å². The average Bonchev–Trinajstić information content (AvgIpc) is 2.82. The van der Waals surface area contributed by atoms with E-state index in [9.17, 15) is 4.79 Å². The zero-order chi connectivity index (χ0) is 11.2. The predicted octanol–water partition coefficient (Wildman–Crippen LogP) is 3.92. The zero-order valence-electron chi connectivity index (χ0n) is 9.83. The van der Waals surface area contributed by atoms with E-state index in [1.54, 1.807) is 11.3 Å². The van der Waals surface area contributed by atoms with Gasteiger partial charge in [-0.3, -0.25) is 4.79 Å². The van der Waals surface area contributed by atoms with E-state index in [0.29, 0.717) is 17.6 Å². The third-order valence-electron chi connectivity index (χ3n) is 3.22. The molecule has 0 amide bonds. The summed E-state index contributed by atoms with van der Waals surface area (Å²) in [4.78, 5) is 14.3. The van der Waals surface area contributed by atoms with Crippen LogP contribution < -0.4 is 0 Å². The molecule has 0 N–H and O–H groups in total. The maximum Gasteiger partial charge on any atom is 0.176 e. The Morgan fingerprint density at radius 2 is 2.07 bits per heavy atom. The van der Waals surface area contributed by atoms with Gasteiger partial charge >= 0.3 is 0 Å². The topological polar surface area (TPSA) is 17.1 Å². The Labute approximate surface area is 95.5 Å². The van der Waals surface area contributed by atoms with Crippen molar-refractivity contribution in [1.82, 2.24) is 0 Å². The van der Waals surface area contributed by atoms with Gasteiger partial charge in [-0.1, -0.05) is 20.8 Å². The Morgan fingerprint density at radius 1 is 1.40 bits per heavy atom. The normalized spacial score (nSPS) is 25.3. The van der Waals surface area contributed by atoms with Crippen molar-refractivity contribution in [3.8, 4) is 0 Å². The van der Waals surface area contributed by atoms with Crippen LogP contribution in [0.1, 0.15) is 41.7 Å². The number of carbonyl (C=O) groups excluding carboxylic acids is 1. The molecule has 82 valence electrons. The van der Waals surface area contributed by atoms with Gasteiger partial charge in [-0.15, -0.1) is 11.3 Å². The van der Waals surface area contributed by atoms with Gasteiger partial charge in [0.25, 0.3) is 0 Å². The van der Waals surface area contributed by atoms with Gasteiger partial charge in [-0.2, -0.15) is 0 Å². The van der Waals surface area contributed by atoms with Crippen molar-refractivity contribution in [3.05, 3.63) is 21.9 Å². The van der Waals surface area contributed by atoms with E-state index in [-0.39, 0.29) is 5.41 Å². The third kappa shape index (κ3) is 2.15. The lowest BCUT2D eigenvalue weighted by atomic mass is 9.88. The quantitative estimate of drug-likeness (QED) is 0.693. The van der Waals surface area contributed by atoms with Crippen LogP contribution in [0.15, 0.2) is 12.1 Å². The van der Waals surface area contributed by atoms with Crippen LogP contribution in [0.25, 0.3) is 0 Å². The first-order valence-corrected chi connectivity index (χ1v) is 6.32. The molecular weight excluding hydrogens is 204 g/mol. The monoisotopic (exact) mass is 222 g/mol. The third-order valence-corrected chi connectivity index (χ3v) is 4.24. The summed E-state index contributed by atoms with van der Waals surface area (Å²) in [5.74, 6) is 1.25. The van der Waals surface area contributed by atoms with Crippen molar-refractivity contribution in [2.45, 2.75) is 34.1 Å². The molecule has 0 spiro atoms. The van der Waals surface area contributed by atoms with Crippen molar-refractivity contribution in [2.75, 3.05) is 0 Å². The minimum atomic E-state index is 0.284. The largest absolute Gasteiger partial charge is 0.293 e. The van der Waals surface area contributed by atoms with Crippen LogP contribution in [-0.4, -0.2) is 5.78 Å². The Balaban J connectivity index is 2.07. The standard InChI is InChI=1S/C13H18OS/c1-8-5-6-11(15-8)12(14)9-7-10(9)13(2,3)4/h5-6,9-10H,7H2,1-4H3. The lowest BCUT2D eigenvalue weighted by Gasteiger charge is -2.17. The second-order valence-electron chi connectivity index (χ2n) is 5.59. The highest BCUT2D eigenvalue weighted by Gasteiger charge is 2.49. The van der Waals surface area contributed by atoms with Crippen molar-refractivity contribution >= 4 is 17.1 Å². The summed E-state index contributed by atoms with van der Waals surface area (Å²) in [6.45, 7) is 8.73. The lowest BCUT2D eigenvalue weighted by molar-refractivity contribution is 0.0953. The van der Waals surface area contributed by atoms with E-state index in [4.69, 9.17) is 0 Å². The molecule has 15 heavy (non-hydrogen) atoms. The summed E-state index contributed by atoms with van der Waals surface area (Å²) >= 11 is 1.63. The van der Waals surface area contributed by atoms with Crippen LogP contribution in [0, 0.1) is 24.2 Å². The van der Waals surface area contributed by atoms with E-state index in [1.165, 1.54) is 4.88 Å². The molecule has 2 rings (SSSR count). The van der Waals surface area contributed by atoms with Crippen LogP contribution in [0.2, 0.25) is 0 Å². The van der Waals surface area contributed by atoms with Gasteiger partial charge in [0.1, 0.15) is 0 Å². The molecule has 0 aromatic carbocycles. The van der Waals surface area contributed by atoms with E-state index in [0.717, 1.165) is 11.3 Å². The molecule has 1 aliphatic rings. The molecule has 1 nitrogen and oxygen atoms in total. The van der Waals surface area contributed by atoms with E-state index in [2.05, 4.69) is 27.7 Å². The molecule has 1 aliphatic carbocycles. The smallest absolute Gasteiger partial charge is 0.176 e. The van der Waals surface area contributed by atoms with Gasteiger partial charge in [0, 0.05) is 10.8 Å². The molecular formula is C13H18OS. The minimum Gasteiger partial charge on any atom is -0.293 e. The maximum absolute atomic E-state index is 12.1. The summed E-state index contributed by atoms with van der Waals surface area (Å²) in [6, 6.07) is 4.01. The van der Waals surface area contributed by atoms with E-state index < -0.39 is 0 Å². The van der Waals surface area contributed by atoms with Gasteiger partial charge in [0.2, 0.25) is 0 Å². The zero-order valence-corrected chi connectivity index (χ0v) is 10.6. The van der Waals surface area contributed by atoms with E-state index in [1.807, 2.05) is 12.1 Å². The fraction of sp³-hybridized carbons (Fsp3) is 0.615. The molecule has 2 unspecified atom stereocenters. The fourth-order valence-electron chi connectivity index (χ4n) is 2.19. The minimum absolute atomic E-state index is 0.284. The molecule has 0 bridgehead atoms. The number of hydrogen-bond acceptors (Lipinski definition) is 2. The highest BCUT2D eigenvalue weighted by molar-refractivity contribution is 7.14. The fourth-order valence-corrected chi connectivity index (χ4v) is 3.06. The van der Waals surface area contributed by atoms with Crippen LogP contribution in [-0.2, 0) is 0 Å². The molecule has 0 aliphatic heterocycles. The summed E-state index contributed by atoms with van der Waals surface area (Å²) in [5, 5.41) is 0. The second-order valence-corrected chi connectivity index (χ2v) is 6.88. The first-order chi connectivity index (χ1) is 6.89. The number of ketones is 1. The highest BCUT2D eigenvalue weighted by Crippen LogP contribution is 2.52. The number of thiophene rings is 1. The van der Waals surface area contributed by atoms with Crippen molar-refractivity contribution in [1.29, 1.82) is 0 Å². The molecule has 0 radical (unpaired) electrons. The summed E-state index contributed by atoms with van der Waals surface area (Å²) in [5.41, 5.74) is 0.284. The highest BCUT2D eigenvalue weighted by atomic mass is 32.1. The molecule has 2 atom stereocenters. The first kappa shape index (κ1) is 10.9. The Morgan fingerprint density at radius 3 is 2.47 bits per heavy atom. The van der Waals surface area contributed by atoms with Crippen LogP contribution in [0.4, 0.5) is 0 Å². The molecule has 1 aromatic heterocycles. The maximum atomic E-state index is 12.1. The Kier molecular flexibility index (Phi) is 2.50. The second kappa shape index (κ2) is 3.44. The van der Waals surface area contributed by atoms with Gasteiger partial charge in [-0.25, -0.2) is 0 Å². The van der Waals surface area contributed by atoms with Crippen LogP contribution in [0.3, 0.4) is 0 Å². The number of hydrogen-bond donors (Lipinski definition) is 0. The summed E-state index contributed by atoms with van der Waals surface area (Å²) in [6.07, 6.45) is 1.08. The number of rotatable bonds is 2. The molecule has 0 saturated heterocycles. The molecule has 1 fully saturated rings. The van der Waals surface area contributed by atoms with Crippen molar-refractivity contribution in [3.63, 3.8) is 0 Å². The summed E-state index contributed by atoms with van der Waals surface area (Å²) in [7, 11) is 0. The Hall–Kier alpha value is -0.630. The molecule has 2 heteroatoms. The molecule has 1 aromatic rings. The number of Topliss-reactive ketones (excluding diaryl/α,β-unsaturated/α-hetero) is 1. The number of carbonyl (C=O) groups is 1.